The third-order valence-electron chi connectivity index (χ3n) is 4.57. The van der Waals surface area contributed by atoms with Gasteiger partial charge in [-0.25, -0.2) is 8.42 Å². The largest absolute Gasteiger partial charge is 0.494 e. The highest BCUT2D eigenvalue weighted by Gasteiger charge is 2.32. The summed E-state index contributed by atoms with van der Waals surface area (Å²) in [6.45, 7) is 4.13. The van der Waals surface area contributed by atoms with Gasteiger partial charge in [-0.1, -0.05) is 60.4 Å². The summed E-state index contributed by atoms with van der Waals surface area (Å²) in [7, 11) is -3.73. The fourth-order valence-corrected chi connectivity index (χ4v) is 6.07. The molecule has 0 aliphatic rings. The molecule has 2 aromatic carbocycles. The maximum atomic E-state index is 13.1. The molecule has 1 amide bonds. The number of hydrogen-bond donors (Lipinski definition) is 1. The average Bonchev–Trinajstić information content (AvgIpc) is 3.24. The Morgan fingerprint density at radius 2 is 1.82 bits per heavy atom. The molecule has 1 aromatic heterocycles. The number of amides is 1. The third-order valence-corrected chi connectivity index (χ3v) is 7.80. The number of benzene rings is 2. The smallest absolute Gasteiger partial charge is 0.250 e. The van der Waals surface area contributed by atoms with Gasteiger partial charge in [-0.3, -0.25) is 14.4 Å². The van der Waals surface area contributed by atoms with E-state index < -0.39 is 22.0 Å². The highest BCUT2D eigenvalue weighted by molar-refractivity contribution is 8.00. The molecule has 3 rings (SSSR count). The van der Waals surface area contributed by atoms with Crippen LogP contribution >= 0.6 is 23.1 Å². The molecule has 0 bridgehead atoms. The fraction of sp³-hybridized carbons (Fsp3) is 0.318. The first-order valence-corrected chi connectivity index (χ1v) is 14.0. The molecule has 33 heavy (non-hydrogen) atoms. The van der Waals surface area contributed by atoms with Gasteiger partial charge in [0.1, 0.15) is 11.8 Å². The molecule has 1 N–H and O–H groups in total. The lowest BCUT2D eigenvalue weighted by atomic mass is 10.2. The number of nitrogens with one attached hydrogen (secondary N) is 1. The minimum atomic E-state index is -3.73. The Hall–Kier alpha value is -2.63. The summed E-state index contributed by atoms with van der Waals surface area (Å²) in [4.78, 5) is 13.1. The van der Waals surface area contributed by atoms with Gasteiger partial charge in [0, 0.05) is 5.75 Å². The number of aromatic nitrogens is 2. The van der Waals surface area contributed by atoms with Crippen molar-refractivity contribution in [3.8, 4) is 5.75 Å². The van der Waals surface area contributed by atoms with Crippen LogP contribution in [0.4, 0.5) is 10.8 Å². The number of hydrogen-bond acceptors (Lipinski definition) is 8. The predicted molar refractivity (Wildman–Crippen MR) is 134 cm³/mol. The van der Waals surface area contributed by atoms with E-state index in [0.717, 1.165) is 21.9 Å². The Balaban J connectivity index is 1.72. The van der Waals surface area contributed by atoms with E-state index in [9.17, 15) is 13.2 Å². The zero-order valence-electron chi connectivity index (χ0n) is 18.6. The quantitative estimate of drug-likeness (QED) is 0.304. The number of nitrogens with zero attached hydrogens (tertiary/aromatic N) is 3. The number of carbonyl (C=O) groups excluding carboxylic acids is 1. The van der Waals surface area contributed by atoms with Crippen LogP contribution in [-0.2, 0) is 20.6 Å². The molecule has 1 unspecified atom stereocenters. The van der Waals surface area contributed by atoms with Gasteiger partial charge >= 0.3 is 0 Å². The molecular formula is C22H26N4O4S3. The number of carbonyl (C=O) groups is 1. The molecule has 3 aromatic rings. The van der Waals surface area contributed by atoms with Gasteiger partial charge in [0.05, 0.1) is 18.6 Å². The SMILES string of the molecule is CCOc1ccc(N(C(CC)C(=O)Nc2nnc(SCc3ccccc3)s2)S(C)(=O)=O)cc1. The molecule has 176 valence electrons. The van der Waals surface area contributed by atoms with E-state index in [0.29, 0.717) is 27.5 Å². The van der Waals surface area contributed by atoms with Gasteiger partial charge < -0.3 is 4.74 Å². The van der Waals surface area contributed by atoms with E-state index in [1.54, 1.807) is 31.2 Å². The number of ether oxygens (including phenoxy) is 1. The van der Waals surface area contributed by atoms with Crippen molar-refractivity contribution in [1.29, 1.82) is 0 Å². The first-order valence-electron chi connectivity index (χ1n) is 10.3. The first kappa shape index (κ1) is 25.0. The van der Waals surface area contributed by atoms with Crippen LogP contribution in [0.15, 0.2) is 58.9 Å². The fourth-order valence-electron chi connectivity index (χ4n) is 3.14. The second kappa shape index (κ2) is 11.5. The zero-order valence-corrected chi connectivity index (χ0v) is 21.0. The third kappa shape index (κ3) is 6.92. The number of anilines is 2. The molecule has 11 heteroatoms. The van der Waals surface area contributed by atoms with Gasteiger partial charge in [0.2, 0.25) is 21.1 Å². The average molecular weight is 507 g/mol. The van der Waals surface area contributed by atoms with Crippen LogP contribution in [0.2, 0.25) is 0 Å². The maximum Gasteiger partial charge on any atom is 0.250 e. The van der Waals surface area contributed by atoms with Crippen LogP contribution < -0.4 is 14.4 Å². The Morgan fingerprint density at radius 1 is 1.12 bits per heavy atom. The van der Waals surface area contributed by atoms with E-state index in [-0.39, 0.29) is 6.42 Å². The predicted octanol–water partition coefficient (Wildman–Crippen LogP) is 4.41. The van der Waals surface area contributed by atoms with Gasteiger partial charge in [0.25, 0.3) is 0 Å². The molecule has 8 nitrogen and oxygen atoms in total. The molecule has 0 aliphatic carbocycles. The lowest BCUT2D eigenvalue weighted by molar-refractivity contribution is -0.117. The van der Waals surface area contributed by atoms with Crippen LogP contribution in [0.1, 0.15) is 25.8 Å². The van der Waals surface area contributed by atoms with Crippen molar-refractivity contribution in [1.82, 2.24) is 10.2 Å². The molecule has 0 aliphatic heterocycles. The van der Waals surface area contributed by atoms with Crippen molar-refractivity contribution in [3.05, 3.63) is 60.2 Å². The van der Waals surface area contributed by atoms with Gasteiger partial charge in [-0.15, -0.1) is 10.2 Å². The van der Waals surface area contributed by atoms with Crippen molar-refractivity contribution in [2.75, 3.05) is 22.5 Å². The summed E-state index contributed by atoms with van der Waals surface area (Å²) in [5.74, 6) is 0.898. The highest BCUT2D eigenvalue weighted by atomic mass is 32.2. The van der Waals surface area contributed by atoms with Crippen molar-refractivity contribution >= 4 is 49.8 Å². The molecule has 1 heterocycles. The standard InChI is InChI=1S/C22H26N4O4S3/c1-4-19(26(33(3,28)29)17-11-13-18(14-12-17)30-5-2)20(27)23-21-24-25-22(32-21)31-15-16-9-7-6-8-10-16/h6-14,19H,4-5,15H2,1-3H3,(H,23,24,27). The van der Waals surface area contributed by atoms with Crippen molar-refractivity contribution in [2.24, 2.45) is 0 Å². The molecule has 0 saturated carbocycles. The number of sulfonamides is 1. The lowest BCUT2D eigenvalue weighted by Gasteiger charge is -2.29. The minimum absolute atomic E-state index is 0.278. The van der Waals surface area contributed by atoms with Crippen LogP contribution in [0, 0.1) is 0 Å². The zero-order chi connectivity index (χ0) is 23.8. The molecule has 0 spiro atoms. The monoisotopic (exact) mass is 506 g/mol. The minimum Gasteiger partial charge on any atom is -0.494 e. The summed E-state index contributed by atoms with van der Waals surface area (Å²) >= 11 is 2.78. The first-order chi connectivity index (χ1) is 15.8. The van der Waals surface area contributed by atoms with Crippen LogP contribution in [0.25, 0.3) is 0 Å². The topological polar surface area (TPSA) is 101 Å². The number of rotatable bonds is 11. The van der Waals surface area contributed by atoms with E-state index in [4.69, 9.17) is 4.74 Å². The second-order valence-corrected chi connectivity index (χ2v) is 11.1. The summed E-state index contributed by atoms with van der Waals surface area (Å²) in [6, 6.07) is 15.7. The summed E-state index contributed by atoms with van der Waals surface area (Å²) in [5, 5.41) is 11.2. The molecule has 0 saturated heterocycles. The van der Waals surface area contributed by atoms with E-state index in [1.807, 2.05) is 37.3 Å². The van der Waals surface area contributed by atoms with Crippen LogP contribution in [0.5, 0.6) is 5.75 Å². The van der Waals surface area contributed by atoms with Crippen molar-refractivity contribution in [3.63, 3.8) is 0 Å². The summed E-state index contributed by atoms with van der Waals surface area (Å²) in [5.41, 5.74) is 1.55. The van der Waals surface area contributed by atoms with Crippen LogP contribution in [-0.4, -0.2) is 43.4 Å². The van der Waals surface area contributed by atoms with Gasteiger partial charge in [0.15, 0.2) is 4.34 Å². The van der Waals surface area contributed by atoms with Crippen molar-refractivity contribution in [2.45, 2.75) is 36.4 Å². The van der Waals surface area contributed by atoms with E-state index in [1.165, 1.54) is 23.1 Å². The van der Waals surface area contributed by atoms with Crippen molar-refractivity contribution < 1.29 is 17.9 Å². The van der Waals surface area contributed by atoms with Gasteiger partial charge in [-0.2, -0.15) is 0 Å². The number of thioether (sulfide) groups is 1. The van der Waals surface area contributed by atoms with Gasteiger partial charge in [-0.05, 0) is 43.2 Å². The van der Waals surface area contributed by atoms with E-state index >= 15 is 0 Å². The van der Waals surface area contributed by atoms with Crippen LogP contribution in [0.3, 0.4) is 0 Å². The Bertz CT molecular complexity index is 1150. The lowest BCUT2D eigenvalue weighted by Crippen LogP contribution is -2.47. The Morgan fingerprint density at radius 3 is 2.42 bits per heavy atom. The second-order valence-electron chi connectivity index (χ2n) is 7.05. The molecular weight excluding hydrogens is 480 g/mol. The molecule has 0 fully saturated rings. The Kier molecular flexibility index (Phi) is 8.70. The summed E-state index contributed by atoms with van der Waals surface area (Å²) < 4.78 is 32.5. The Labute approximate surface area is 202 Å². The highest BCUT2D eigenvalue weighted by Crippen LogP contribution is 2.29. The summed E-state index contributed by atoms with van der Waals surface area (Å²) in [6.07, 6.45) is 1.36. The van der Waals surface area contributed by atoms with E-state index in [2.05, 4.69) is 15.5 Å². The maximum absolute atomic E-state index is 13.1. The normalized spacial score (nSPS) is 12.2. The molecule has 0 radical (unpaired) electrons. The molecule has 1 atom stereocenters.